The molecular weight excluding hydrogens is 444 g/mol. The first kappa shape index (κ1) is 23.4. The molecule has 3 atom stereocenters. The fraction of sp³-hybridized carbons (Fsp3) is 0.379. The van der Waals surface area contributed by atoms with Gasteiger partial charge in [-0.05, 0) is 95.9 Å². The van der Waals surface area contributed by atoms with Crippen molar-refractivity contribution < 1.29 is 30.6 Å². The van der Waals surface area contributed by atoms with Crippen LogP contribution in [-0.2, 0) is 5.41 Å². The van der Waals surface area contributed by atoms with Gasteiger partial charge in [0.05, 0.1) is 5.39 Å². The normalized spacial score (nSPS) is 23.5. The van der Waals surface area contributed by atoms with Crippen LogP contribution in [-0.4, -0.2) is 37.2 Å². The van der Waals surface area contributed by atoms with Crippen molar-refractivity contribution >= 4 is 22.4 Å². The number of rotatable bonds is 5. The van der Waals surface area contributed by atoms with Crippen LogP contribution < -0.4 is 0 Å². The molecule has 0 radical (unpaired) electrons. The molecule has 3 aromatic rings. The molecule has 1 spiro atoms. The zero-order valence-electron chi connectivity index (χ0n) is 19.8. The van der Waals surface area contributed by atoms with Crippen LogP contribution in [0.4, 0.5) is 0 Å². The van der Waals surface area contributed by atoms with E-state index in [1.165, 1.54) is 6.07 Å². The number of hydrogen-bond donors (Lipinski definition) is 6. The Labute approximate surface area is 204 Å². The number of aromatic hydroxyl groups is 5. The van der Waals surface area contributed by atoms with Crippen LogP contribution >= 0.6 is 0 Å². The number of phenols is 5. The number of aliphatic hydroxyl groups is 1. The van der Waals surface area contributed by atoms with Crippen molar-refractivity contribution in [1.29, 1.82) is 0 Å². The minimum Gasteiger partial charge on any atom is -0.507 e. The quantitative estimate of drug-likeness (QED) is 0.261. The van der Waals surface area contributed by atoms with Gasteiger partial charge in [0.1, 0.15) is 5.75 Å². The summed E-state index contributed by atoms with van der Waals surface area (Å²) in [6, 6.07) is 9.85. The van der Waals surface area contributed by atoms with Crippen LogP contribution in [0.5, 0.6) is 28.7 Å². The highest BCUT2D eigenvalue weighted by Crippen LogP contribution is 2.60. The Kier molecular flexibility index (Phi) is 5.80. The Bertz CT molecular complexity index is 1330. The van der Waals surface area contributed by atoms with Crippen LogP contribution in [0, 0.1) is 11.8 Å². The maximum atomic E-state index is 10.5. The summed E-state index contributed by atoms with van der Waals surface area (Å²) >= 11 is 0. The van der Waals surface area contributed by atoms with Crippen molar-refractivity contribution in [3.05, 3.63) is 53.1 Å². The van der Waals surface area contributed by atoms with E-state index >= 15 is 0 Å². The number of fused-ring (bicyclic) bond motifs is 3. The lowest BCUT2D eigenvalue weighted by Crippen LogP contribution is -2.35. The van der Waals surface area contributed by atoms with Crippen LogP contribution in [0.25, 0.3) is 22.4 Å². The van der Waals surface area contributed by atoms with Crippen LogP contribution in [0.2, 0.25) is 0 Å². The smallest absolute Gasteiger partial charge is 0.169 e. The minimum atomic E-state index is -0.354. The van der Waals surface area contributed by atoms with Crippen molar-refractivity contribution in [1.82, 2.24) is 0 Å². The number of hydrogen-bond acceptors (Lipinski definition) is 6. The van der Waals surface area contributed by atoms with Gasteiger partial charge in [-0.25, -0.2) is 0 Å². The molecule has 6 heteroatoms. The Morgan fingerprint density at radius 3 is 2.46 bits per heavy atom. The molecule has 1 saturated carbocycles. The van der Waals surface area contributed by atoms with E-state index in [4.69, 9.17) is 0 Å². The summed E-state index contributed by atoms with van der Waals surface area (Å²) in [7, 11) is 0. The summed E-state index contributed by atoms with van der Waals surface area (Å²) in [5.41, 5.74) is 3.22. The van der Waals surface area contributed by atoms with E-state index in [0.717, 1.165) is 54.4 Å². The molecule has 0 unspecified atom stereocenters. The molecule has 0 aromatic heterocycles. The second-order valence-corrected chi connectivity index (χ2v) is 10.1. The van der Waals surface area contributed by atoms with Gasteiger partial charge < -0.3 is 30.6 Å². The van der Waals surface area contributed by atoms with Crippen molar-refractivity contribution in [2.24, 2.45) is 11.8 Å². The molecule has 0 amide bonds. The maximum Gasteiger partial charge on any atom is 0.169 e. The van der Waals surface area contributed by atoms with Gasteiger partial charge in [0, 0.05) is 12.0 Å². The Hall–Kier alpha value is -3.38. The van der Waals surface area contributed by atoms with Gasteiger partial charge in [0.25, 0.3) is 0 Å². The van der Waals surface area contributed by atoms with E-state index in [2.05, 4.69) is 6.92 Å². The first-order valence-corrected chi connectivity index (χ1v) is 12.4. The standard InChI is InChI=1S/C29H32O6/c1-2-21-16(5-4-10-30)8-9-29(21)15-18(11-17-12-24(32)25(33)14-22(17)29)20-13-26(34)28(35)27-19(20)6-3-7-23(27)31/h3,6-7,11-14,16,21,30-35H,2,4-5,8-10,15H2,1H3/t16-,21-,29-/m0/s1. The summed E-state index contributed by atoms with van der Waals surface area (Å²) in [4.78, 5) is 0. The predicted octanol–water partition coefficient (Wildman–Crippen LogP) is 5.76. The summed E-state index contributed by atoms with van der Waals surface area (Å²) in [5, 5.41) is 62.5. The highest BCUT2D eigenvalue weighted by atomic mass is 16.3. The molecule has 0 heterocycles. The Balaban J connectivity index is 1.74. The molecule has 5 rings (SSSR count). The average Bonchev–Trinajstić information content (AvgIpc) is 3.18. The Morgan fingerprint density at radius 1 is 0.943 bits per heavy atom. The lowest BCUT2D eigenvalue weighted by Gasteiger charge is -2.42. The molecule has 2 aliphatic carbocycles. The zero-order chi connectivity index (χ0) is 24.9. The SMILES string of the molecule is CC[C@H]1[C@@H](CCCO)CC[C@]12CC(c1cc(O)c(O)c3c(O)cccc13)=Cc1cc(O)c(O)cc12. The summed E-state index contributed by atoms with van der Waals surface area (Å²) < 4.78 is 0. The van der Waals surface area contributed by atoms with Crippen molar-refractivity contribution in [3.63, 3.8) is 0 Å². The van der Waals surface area contributed by atoms with E-state index in [1.807, 2.05) is 12.1 Å². The second-order valence-electron chi connectivity index (χ2n) is 10.1. The molecule has 0 aliphatic heterocycles. The van der Waals surface area contributed by atoms with Gasteiger partial charge >= 0.3 is 0 Å². The summed E-state index contributed by atoms with van der Waals surface area (Å²) in [6.07, 6.45) is 7.18. The van der Waals surface area contributed by atoms with Crippen LogP contribution in [0.1, 0.15) is 62.1 Å². The summed E-state index contributed by atoms with van der Waals surface area (Å²) in [5.74, 6) is -0.339. The lowest BCUT2D eigenvalue weighted by atomic mass is 9.61. The second kappa shape index (κ2) is 8.68. The highest BCUT2D eigenvalue weighted by molar-refractivity contribution is 6.05. The third kappa shape index (κ3) is 3.59. The maximum absolute atomic E-state index is 10.5. The average molecular weight is 477 g/mol. The molecule has 6 nitrogen and oxygen atoms in total. The van der Waals surface area contributed by atoms with Crippen LogP contribution in [0.15, 0.2) is 36.4 Å². The van der Waals surface area contributed by atoms with Crippen molar-refractivity contribution in [2.45, 2.75) is 50.9 Å². The topological polar surface area (TPSA) is 121 Å². The van der Waals surface area contributed by atoms with E-state index in [9.17, 15) is 30.6 Å². The number of aliphatic hydroxyl groups excluding tert-OH is 1. The molecule has 1 fully saturated rings. The fourth-order valence-electron chi connectivity index (χ4n) is 6.94. The molecular formula is C29H32O6. The first-order chi connectivity index (χ1) is 16.8. The van der Waals surface area contributed by atoms with E-state index < -0.39 is 0 Å². The molecule has 0 saturated heterocycles. The largest absolute Gasteiger partial charge is 0.507 e. The van der Waals surface area contributed by atoms with Crippen LogP contribution in [0.3, 0.4) is 0 Å². The predicted molar refractivity (Wildman–Crippen MR) is 136 cm³/mol. The molecule has 6 N–H and O–H groups in total. The highest BCUT2D eigenvalue weighted by Gasteiger charge is 2.50. The molecule has 35 heavy (non-hydrogen) atoms. The Morgan fingerprint density at radius 2 is 1.71 bits per heavy atom. The molecule has 3 aromatic carbocycles. The van der Waals surface area contributed by atoms with Gasteiger partial charge in [-0.3, -0.25) is 0 Å². The van der Waals surface area contributed by atoms with E-state index in [-0.39, 0.29) is 46.2 Å². The lowest BCUT2D eigenvalue weighted by molar-refractivity contribution is 0.220. The van der Waals surface area contributed by atoms with Crippen molar-refractivity contribution in [3.8, 4) is 28.7 Å². The zero-order valence-corrected chi connectivity index (χ0v) is 19.8. The first-order valence-electron chi connectivity index (χ1n) is 12.4. The third-order valence-electron chi connectivity index (χ3n) is 8.37. The van der Waals surface area contributed by atoms with Gasteiger partial charge in [0.2, 0.25) is 0 Å². The number of phenolic OH excluding ortho intramolecular Hbond substituents is 5. The molecule has 2 aliphatic rings. The molecule has 184 valence electrons. The minimum absolute atomic E-state index is 0.109. The van der Waals surface area contributed by atoms with Crippen molar-refractivity contribution in [2.75, 3.05) is 6.61 Å². The van der Waals surface area contributed by atoms with E-state index in [1.54, 1.807) is 24.3 Å². The third-order valence-corrected chi connectivity index (χ3v) is 8.37. The fourth-order valence-corrected chi connectivity index (χ4v) is 6.94. The van der Waals surface area contributed by atoms with Gasteiger partial charge in [-0.2, -0.15) is 0 Å². The van der Waals surface area contributed by atoms with Gasteiger partial charge in [-0.15, -0.1) is 0 Å². The number of benzene rings is 3. The molecule has 0 bridgehead atoms. The van der Waals surface area contributed by atoms with Gasteiger partial charge in [-0.1, -0.05) is 31.6 Å². The monoisotopic (exact) mass is 476 g/mol. The number of allylic oxidation sites excluding steroid dienone is 1. The van der Waals surface area contributed by atoms with Gasteiger partial charge in [0.15, 0.2) is 23.0 Å². The summed E-state index contributed by atoms with van der Waals surface area (Å²) in [6.45, 7) is 2.35. The van der Waals surface area contributed by atoms with E-state index in [0.29, 0.717) is 23.6 Å².